The minimum Gasteiger partial charge on any atom is -0.370 e. The van der Waals surface area contributed by atoms with Gasteiger partial charge < -0.3 is 15.0 Å². The molecule has 0 radical (unpaired) electrons. The van der Waals surface area contributed by atoms with Crippen LogP contribution in [0, 0.1) is 0 Å². The molecule has 1 unspecified atom stereocenters. The summed E-state index contributed by atoms with van der Waals surface area (Å²) in [6, 6.07) is 13.6. The zero-order chi connectivity index (χ0) is 16.5. The first-order valence-corrected chi connectivity index (χ1v) is 8.57. The number of morpholine rings is 1. The molecule has 2 aromatic rings. The van der Waals surface area contributed by atoms with E-state index >= 15 is 0 Å². The fourth-order valence-electron chi connectivity index (χ4n) is 3.32. The molecule has 1 atom stereocenters. The first-order chi connectivity index (χ1) is 11.7. The van der Waals surface area contributed by atoms with Crippen LogP contribution >= 0.6 is 24.0 Å². The number of amides is 1. The molecule has 1 fully saturated rings. The molecule has 0 bridgehead atoms. The third-order valence-corrected chi connectivity index (χ3v) is 4.93. The molecule has 0 aromatic heterocycles. The van der Waals surface area contributed by atoms with Crippen molar-refractivity contribution in [3.8, 4) is 0 Å². The van der Waals surface area contributed by atoms with E-state index in [0.29, 0.717) is 24.7 Å². The van der Waals surface area contributed by atoms with Crippen LogP contribution in [0.5, 0.6) is 0 Å². The number of hydrogen-bond acceptors (Lipinski definition) is 3. The summed E-state index contributed by atoms with van der Waals surface area (Å²) in [4.78, 5) is 14.7. The van der Waals surface area contributed by atoms with E-state index in [0.717, 1.165) is 24.2 Å². The first-order valence-electron chi connectivity index (χ1n) is 8.19. The van der Waals surface area contributed by atoms with Crippen LogP contribution in [-0.4, -0.2) is 30.5 Å². The summed E-state index contributed by atoms with van der Waals surface area (Å²) >= 11 is 5.95. The lowest BCUT2D eigenvalue weighted by molar-refractivity contribution is -0.0228. The van der Waals surface area contributed by atoms with Gasteiger partial charge in [0.1, 0.15) is 6.10 Å². The van der Waals surface area contributed by atoms with Gasteiger partial charge in [0.15, 0.2) is 0 Å². The van der Waals surface area contributed by atoms with E-state index in [4.69, 9.17) is 16.3 Å². The topological polar surface area (TPSA) is 41.6 Å². The quantitative estimate of drug-likeness (QED) is 0.867. The van der Waals surface area contributed by atoms with Crippen molar-refractivity contribution in [1.29, 1.82) is 0 Å². The maximum atomic E-state index is 12.9. The van der Waals surface area contributed by atoms with E-state index in [2.05, 4.69) is 11.4 Å². The number of benzene rings is 2. The van der Waals surface area contributed by atoms with E-state index in [9.17, 15) is 4.79 Å². The minimum atomic E-state index is -0.101. The average Bonchev–Trinajstić information content (AvgIpc) is 3.09. The Balaban J connectivity index is 0.00000182. The Morgan fingerprint density at radius 3 is 2.68 bits per heavy atom. The molecule has 2 aliphatic heterocycles. The Bertz CT molecular complexity index is 765. The highest BCUT2D eigenvalue weighted by Crippen LogP contribution is 2.25. The number of hydrogen-bond donors (Lipinski definition) is 1. The standard InChI is InChI=1S/C19H19ClN2O2.ClH/c20-17-5-3-13(4-6-17)18-12-22(7-8-24-18)19(23)14-1-2-15-10-21-11-16(15)9-14;/h1-6,9,18,21H,7-8,10-12H2;1H. The second kappa shape index (κ2) is 7.75. The Morgan fingerprint density at radius 2 is 1.88 bits per heavy atom. The fourth-order valence-corrected chi connectivity index (χ4v) is 3.45. The molecule has 2 aliphatic rings. The largest absolute Gasteiger partial charge is 0.370 e. The Kier molecular flexibility index (Phi) is 5.64. The third kappa shape index (κ3) is 3.82. The molecule has 1 N–H and O–H groups in total. The van der Waals surface area contributed by atoms with Gasteiger partial charge in [-0.1, -0.05) is 29.8 Å². The second-order valence-electron chi connectivity index (χ2n) is 6.25. The number of nitrogens with one attached hydrogen (secondary N) is 1. The molecule has 4 rings (SSSR count). The summed E-state index contributed by atoms with van der Waals surface area (Å²) in [6.07, 6.45) is -0.101. The maximum absolute atomic E-state index is 12.9. The fraction of sp³-hybridized carbons (Fsp3) is 0.316. The predicted molar refractivity (Wildman–Crippen MR) is 100 cm³/mol. The molecule has 1 amide bonds. The molecule has 4 nitrogen and oxygen atoms in total. The van der Waals surface area contributed by atoms with Crippen molar-refractivity contribution in [1.82, 2.24) is 10.2 Å². The first kappa shape index (κ1) is 18.2. The molecule has 132 valence electrons. The monoisotopic (exact) mass is 378 g/mol. The molecule has 2 aromatic carbocycles. The van der Waals surface area contributed by atoms with Gasteiger partial charge in [-0.2, -0.15) is 0 Å². The zero-order valence-corrected chi connectivity index (χ0v) is 15.3. The van der Waals surface area contributed by atoms with E-state index in [1.54, 1.807) is 0 Å². The number of carbonyl (C=O) groups excluding carboxylic acids is 1. The van der Waals surface area contributed by atoms with Gasteiger partial charge in [-0.3, -0.25) is 4.79 Å². The number of rotatable bonds is 2. The lowest BCUT2D eigenvalue weighted by atomic mass is 10.0. The summed E-state index contributed by atoms with van der Waals surface area (Å²) < 4.78 is 5.85. The number of fused-ring (bicyclic) bond motifs is 1. The van der Waals surface area contributed by atoms with Crippen LogP contribution in [0.1, 0.15) is 33.2 Å². The van der Waals surface area contributed by atoms with Gasteiger partial charge in [0.2, 0.25) is 0 Å². The van der Waals surface area contributed by atoms with E-state index in [1.165, 1.54) is 11.1 Å². The second-order valence-corrected chi connectivity index (χ2v) is 6.69. The normalized spacial score (nSPS) is 19.2. The van der Waals surface area contributed by atoms with Crippen molar-refractivity contribution in [2.24, 2.45) is 0 Å². The molecular formula is C19H20Cl2N2O2. The van der Waals surface area contributed by atoms with Gasteiger partial charge in [0, 0.05) is 30.2 Å². The highest BCUT2D eigenvalue weighted by atomic mass is 35.5. The summed E-state index contributed by atoms with van der Waals surface area (Å²) in [7, 11) is 0. The Hall–Kier alpha value is -1.59. The molecule has 0 saturated carbocycles. The van der Waals surface area contributed by atoms with E-state index < -0.39 is 0 Å². The lowest BCUT2D eigenvalue weighted by Crippen LogP contribution is -2.42. The van der Waals surface area contributed by atoms with Crippen molar-refractivity contribution in [2.75, 3.05) is 19.7 Å². The molecule has 25 heavy (non-hydrogen) atoms. The number of nitrogens with zero attached hydrogens (tertiary/aromatic N) is 1. The summed E-state index contributed by atoms with van der Waals surface area (Å²) in [5.41, 5.74) is 4.32. The van der Waals surface area contributed by atoms with Crippen LogP contribution in [0.25, 0.3) is 0 Å². The smallest absolute Gasteiger partial charge is 0.254 e. The Labute approximate surface area is 158 Å². The predicted octanol–water partition coefficient (Wildman–Crippen LogP) is 3.58. The van der Waals surface area contributed by atoms with Gasteiger partial charge in [-0.25, -0.2) is 0 Å². The van der Waals surface area contributed by atoms with Crippen LogP contribution in [0.4, 0.5) is 0 Å². The summed E-state index contributed by atoms with van der Waals surface area (Å²) in [5.74, 6) is 0.0759. The average molecular weight is 379 g/mol. The van der Waals surface area contributed by atoms with Crippen molar-refractivity contribution >= 4 is 29.9 Å². The zero-order valence-electron chi connectivity index (χ0n) is 13.7. The number of carbonyl (C=O) groups is 1. The van der Waals surface area contributed by atoms with Gasteiger partial charge in [-0.05, 0) is 41.0 Å². The Morgan fingerprint density at radius 1 is 1.12 bits per heavy atom. The molecule has 0 spiro atoms. The van der Waals surface area contributed by atoms with Gasteiger partial charge in [-0.15, -0.1) is 12.4 Å². The van der Waals surface area contributed by atoms with Crippen LogP contribution < -0.4 is 5.32 Å². The molecule has 6 heteroatoms. The van der Waals surface area contributed by atoms with Crippen molar-refractivity contribution in [3.63, 3.8) is 0 Å². The lowest BCUT2D eigenvalue weighted by Gasteiger charge is -2.33. The summed E-state index contributed by atoms with van der Waals surface area (Å²) in [6.45, 7) is 3.46. The van der Waals surface area contributed by atoms with E-state index in [1.807, 2.05) is 41.3 Å². The van der Waals surface area contributed by atoms with Crippen molar-refractivity contribution in [2.45, 2.75) is 19.2 Å². The van der Waals surface area contributed by atoms with Gasteiger partial charge in [0.25, 0.3) is 5.91 Å². The van der Waals surface area contributed by atoms with Crippen LogP contribution in [-0.2, 0) is 17.8 Å². The molecule has 1 saturated heterocycles. The SMILES string of the molecule is Cl.O=C(c1ccc2c(c1)CNC2)N1CCOC(c2ccc(Cl)cc2)C1. The third-order valence-electron chi connectivity index (χ3n) is 4.68. The van der Waals surface area contributed by atoms with Gasteiger partial charge >= 0.3 is 0 Å². The maximum Gasteiger partial charge on any atom is 0.254 e. The number of ether oxygens (including phenoxy) is 1. The van der Waals surface area contributed by atoms with Crippen LogP contribution in [0.2, 0.25) is 5.02 Å². The molecular weight excluding hydrogens is 359 g/mol. The van der Waals surface area contributed by atoms with Crippen LogP contribution in [0.15, 0.2) is 42.5 Å². The number of halogens is 2. The molecule has 0 aliphatic carbocycles. The van der Waals surface area contributed by atoms with Crippen LogP contribution in [0.3, 0.4) is 0 Å². The van der Waals surface area contributed by atoms with Crippen molar-refractivity contribution < 1.29 is 9.53 Å². The van der Waals surface area contributed by atoms with Crippen molar-refractivity contribution in [3.05, 3.63) is 69.7 Å². The highest BCUT2D eigenvalue weighted by Gasteiger charge is 2.26. The van der Waals surface area contributed by atoms with E-state index in [-0.39, 0.29) is 24.4 Å². The molecule has 2 heterocycles. The minimum absolute atomic E-state index is 0. The summed E-state index contributed by atoms with van der Waals surface area (Å²) in [5, 5.41) is 4.01. The van der Waals surface area contributed by atoms with Gasteiger partial charge in [0.05, 0.1) is 13.2 Å². The highest BCUT2D eigenvalue weighted by molar-refractivity contribution is 6.30.